The van der Waals surface area contributed by atoms with E-state index in [1.54, 1.807) is 24.3 Å². The molecule has 2 aliphatic rings. The van der Waals surface area contributed by atoms with Gasteiger partial charge in [0.2, 0.25) is 10.0 Å². The Morgan fingerprint density at radius 1 is 0.967 bits per heavy atom. The van der Waals surface area contributed by atoms with Gasteiger partial charge in [0.15, 0.2) is 0 Å². The van der Waals surface area contributed by atoms with E-state index in [0.717, 1.165) is 31.4 Å². The van der Waals surface area contributed by atoms with Gasteiger partial charge in [0.1, 0.15) is 0 Å². The zero-order valence-electron chi connectivity index (χ0n) is 16.8. The minimum Gasteiger partial charge on any atom is -0.361 e. The zero-order chi connectivity index (χ0) is 20.7. The fourth-order valence-corrected chi connectivity index (χ4v) is 6.27. The van der Waals surface area contributed by atoms with Gasteiger partial charge in [-0.05, 0) is 61.1 Å². The van der Waals surface area contributed by atoms with Crippen molar-refractivity contribution < 1.29 is 13.2 Å². The highest BCUT2D eigenvalue weighted by molar-refractivity contribution is 7.93. The predicted octanol–water partition coefficient (Wildman–Crippen LogP) is 3.73. The van der Waals surface area contributed by atoms with Gasteiger partial charge in [-0.15, -0.1) is 0 Å². The lowest BCUT2D eigenvalue weighted by Gasteiger charge is -2.32. The molecule has 0 saturated carbocycles. The van der Waals surface area contributed by atoms with Crippen LogP contribution in [0.5, 0.6) is 0 Å². The third kappa shape index (κ3) is 3.37. The van der Waals surface area contributed by atoms with Gasteiger partial charge in [-0.25, -0.2) is 8.42 Å². The Morgan fingerprint density at radius 3 is 2.40 bits per heavy atom. The van der Waals surface area contributed by atoms with Crippen LogP contribution in [0.2, 0.25) is 0 Å². The molecule has 3 aromatic rings. The van der Waals surface area contributed by atoms with E-state index >= 15 is 0 Å². The van der Waals surface area contributed by atoms with E-state index in [9.17, 15) is 13.2 Å². The van der Waals surface area contributed by atoms with Crippen molar-refractivity contribution in [1.29, 1.82) is 0 Å². The Morgan fingerprint density at radius 2 is 1.70 bits per heavy atom. The van der Waals surface area contributed by atoms with Crippen LogP contribution in [0.1, 0.15) is 41.1 Å². The summed E-state index contributed by atoms with van der Waals surface area (Å²) < 4.78 is 25.6. The van der Waals surface area contributed by atoms with Crippen LogP contribution in [0.3, 0.4) is 0 Å². The van der Waals surface area contributed by atoms with E-state index in [0.29, 0.717) is 30.1 Å². The SMILES string of the molecule is O=C(c1ccc(N2CCCS2(=O)=O)cc1)N1CCC(c2c[nH]c3ccccc23)CC1. The van der Waals surface area contributed by atoms with E-state index in [4.69, 9.17) is 0 Å². The third-order valence-corrected chi connectivity index (χ3v) is 8.21. The number of likely N-dealkylation sites (tertiary alicyclic amines) is 1. The molecule has 0 radical (unpaired) electrons. The van der Waals surface area contributed by atoms with E-state index in [-0.39, 0.29) is 11.7 Å². The number of aromatic nitrogens is 1. The van der Waals surface area contributed by atoms with Crippen molar-refractivity contribution in [2.75, 3.05) is 29.7 Å². The molecule has 0 aliphatic carbocycles. The van der Waals surface area contributed by atoms with E-state index in [2.05, 4.69) is 29.4 Å². The van der Waals surface area contributed by atoms with Crippen molar-refractivity contribution in [3.63, 3.8) is 0 Å². The van der Waals surface area contributed by atoms with Gasteiger partial charge in [-0.1, -0.05) is 18.2 Å². The molecule has 2 saturated heterocycles. The normalized spacial score (nSPS) is 19.5. The number of sulfonamides is 1. The first-order valence-electron chi connectivity index (χ1n) is 10.5. The van der Waals surface area contributed by atoms with Crippen LogP contribution < -0.4 is 4.31 Å². The number of H-pyrrole nitrogens is 1. The zero-order valence-corrected chi connectivity index (χ0v) is 17.6. The lowest BCUT2D eigenvalue weighted by Crippen LogP contribution is -2.37. The number of aromatic amines is 1. The molecule has 2 aliphatic heterocycles. The molecule has 1 aromatic heterocycles. The topological polar surface area (TPSA) is 73.5 Å². The summed E-state index contributed by atoms with van der Waals surface area (Å²) in [6, 6.07) is 15.3. The predicted molar refractivity (Wildman–Crippen MR) is 118 cm³/mol. The number of piperidine rings is 1. The number of fused-ring (bicyclic) bond motifs is 1. The first-order chi connectivity index (χ1) is 14.5. The molecule has 7 heteroatoms. The first-order valence-corrected chi connectivity index (χ1v) is 12.1. The van der Waals surface area contributed by atoms with Gasteiger partial charge < -0.3 is 9.88 Å². The first kappa shape index (κ1) is 19.2. The number of benzene rings is 2. The maximum absolute atomic E-state index is 13.0. The third-order valence-electron chi connectivity index (χ3n) is 6.34. The quantitative estimate of drug-likeness (QED) is 0.698. The summed E-state index contributed by atoms with van der Waals surface area (Å²) in [6.07, 6.45) is 4.64. The van der Waals surface area contributed by atoms with Crippen LogP contribution in [-0.4, -0.2) is 49.6 Å². The van der Waals surface area contributed by atoms with Crippen molar-refractivity contribution in [3.8, 4) is 0 Å². The summed E-state index contributed by atoms with van der Waals surface area (Å²) in [5.41, 5.74) is 3.75. The number of carbonyl (C=O) groups excluding carboxylic acids is 1. The number of nitrogens with one attached hydrogen (secondary N) is 1. The standard InChI is InChI=1S/C23H25N3O3S/c27-23(18-6-8-19(9-7-18)26-12-3-15-30(26,28)29)25-13-10-17(11-14-25)21-16-24-22-5-2-1-4-20(21)22/h1-2,4-9,16-17,24H,3,10-15H2. The number of carbonyl (C=O) groups is 1. The number of hydrogen-bond acceptors (Lipinski definition) is 3. The van der Waals surface area contributed by atoms with Crippen molar-refractivity contribution in [1.82, 2.24) is 9.88 Å². The summed E-state index contributed by atoms with van der Waals surface area (Å²) in [7, 11) is -3.20. The fourth-order valence-electron chi connectivity index (χ4n) is 4.71. The summed E-state index contributed by atoms with van der Waals surface area (Å²) in [6.45, 7) is 1.97. The molecule has 2 fully saturated rings. The molecule has 30 heavy (non-hydrogen) atoms. The fraction of sp³-hybridized carbons (Fsp3) is 0.348. The summed E-state index contributed by atoms with van der Waals surface area (Å²) in [5, 5.41) is 1.27. The Bertz CT molecular complexity index is 1180. The molecular weight excluding hydrogens is 398 g/mol. The van der Waals surface area contributed by atoms with E-state index in [1.165, 1.54) is 15.3 Å². The van der Waals surface area contributed by atoms with Gasteiger partial charge in [0.25, 0.3) is 5.91 Å². The molecule has 6 nitrogen and oxygen atoms in total. The van der Waals surface area contributed by atoms with E-state index in [1.807, 2.05) is 11.0 Å². The van der Waals surface area contributed by atoms with Crippen LogP contribution in [-0.2, 0) is 10.0 Å². The highest BCUT2D eigenvalue weighted by Gasteiger charge is 2.29. The van der Waals surface area contributed by atoms with Crippen LogP contribution in [0.25, 0.3) is 10.9 Å². The van der Waals surface area contributed by atoms with Gasteiger partial charge in [0, 0.05) is 42.3 Å². The highest BCUT2D eigenvalue weighted by Crippen LogP contribution is 2.33. The Hall–Kier alpha value is -2.80. The van der Waals surface area contributed by atoms with Gasteiger partial charge in [-0.3, -0.25) is 9.10 Å². The molecular formula is C23H25N3O3S. The molecule has 0 spiro atoms. The lowest BCUT2D eigenvalue weighted by molar-refractivity contribution is 0.0713. The van der Waals surface area contributed by atoms with Crippen LogP contribution in [0, 0.1) is 0 Å². The molecule has 3 heterocycles. The molecule has 2 aromatic carbocycles. The Balaban J connectivity index is 1.26. The second-order valence-electron chi connectivity index (χ2n) is 8.14. The lowest BCUT2D eigenvalue weighted by atomic mass is 9.89. The van der Waals surface area contributed by atoms with Crippen molar-refractivity contribution in [3.05, 3.63) is 65.9 Å². The molecule has 0 atom stereocenters. The van der Waals surface area contributed by atoms with Crippen molar-refractivity contribution in [2.45, 2.75) is 25.2 Å². The van der Waals surface area contributed by atoms with Crippen LogP contribution >= 0.6 is 0 Å². The van der Waals surface area contributed by atoms with Gasteiger partial charge in [-0.2, -0.15) is 0 Å². The molecule has 1 amide bonds. The number of hydrogen-bond donors (Lipinski definition) is 1. The average Bonchev–Trinajstić information content (AvgIpc) is 3.36. The number of amides is 1. The largest absolute Gasteiger partial charge is 0.361 e. The minimum absolute atomic E-state index is 0.0169. The van der Waals surface area contributed by atoms with E-state index < -0.39 is 10.0 Å². The maximum Gasteiger partial charge on any atom is 0.253 e. The molecule has 1 N–H and O–H groups in total. The molecule has 156 valence electrons. The number of rotatable bonds is 3. The maximum atomic E-state index is 13.0. The molecule has 0 bridgehead atoms. The number of anilines is 1. The minimum atomic E-state index is -3.20. The average molecular weight is 424 g/mol. The van der Waals surface area contributed by atoms with Gasteiger partial charge in [0.05, 0.1) is 11.4 Å². The summed E-state index contributed by atoms with van der Waals surface area (Å²) in [4.78, 5) is 18.2. The number of para-hydroxylation sites is 1. The van der Waals surface area contributed by atoms with Crippen LogP contribution in [0.4, 0.5) is 5.69 Å². The Labute approximate surface area is 176 Å². The van der Waals surface area contributed by atoms with Crippen molar-refractivity contribution in [2.24, 2.45) is 0 Å². The monoisotopic (exact) mass is 423 g/mol. The van der Waals surface area contributed by atoms with Crippen molar-refractivity contribution >= 4 is 32.5 Å². The van der Waals surface area contributed by atoms with Gasteiger partial charge >= 0.3 is 0 Å². The molecule has 0 unspecified atom stereocenters. The smallest absolute Gasteiger partial charge is 0.253 e. The number of nitrogens with zero attached hydrogens (tertiary/aromatic N) is 2. The molecule has 5 rings (SSSR count). The van der Waals surface area contributed by atoms with Crippen LogP contribution in [0.15, 0.2) is 54.7 Å². The summed E-state index contributed by atoms with van der Waals surface area (Å²) in [5.74, 6) is 0.662. The highest BCUT2D eigenvalue weighted by atomic mass is 32.2. The second-order valence-corrected chi connectivity index (χ2v) is 10.2. The Kier molecular flexibility index (Phi) is 4.77. The summed E-state index contributed by atoms with van der Waals surface area (Å²) >= 11 is 0. The second kappa shape index (κ2) is 7.47.